The van der Waals surface area contributed by atoms with Gasteiger partial charge in [0.05, 0.1) is 16.5 Å². The smallest absolute Gasteiger partial charge is 0.241 e. The van der Waals surface area contributed by atoms with Crippen LogP contribution < -0.4 is 9.46 Å². The molecular formula is C15H16BrNO3S. The molecule has 2 aromatic rings. The lowest BCUT2D eigenvalue weighted by molar-refractivity contribution is 0.411. The van der Waals surface area contributed by atoms with E-state index in [-0.39, 0.29) is 10.9 Å². The molecule has 0 aliphatic rings. The molecule has 0 aromatic heterocycles. The molecule has 112 valence electrons. The Balaban J connectivity index is 2.24. The van der Waals surface area contributed by atoms with Crippen molar-refractivity contribution in [3.63, 3.8) is 0 Å². The van der Waals surface area contributed by atoms with E-state index in [1.165, 1.54) is 19.2 Å². The van der Waals surface area contributed by atoms with Gasteiger partial charge in [0.25, 0.3) is 0 Å². The Hall–Kier alpha value is -1.37. The van der Waals surface area contributed by atoms with Crippen LogP contribution in [0, 0.1) is 0 Å². The molecule has 4 nitrogen and oxygen atoms in total. The second kappa shape index (κ2) is 6.60. The molecule has 0 saturated heterocycles. The average Bonchev–Trinajstić information content (AvgIpc) is 2.47. The summed E-state index contributed by atoms with van der Waals surface area (Å²) in [7, 11) is -2.06. The van der Waals surface area contributed by atoms with Gasteiger partial charge in [0.1, 0.15) is 5.75 Å². The van der Waals surface area contributed by atoms with E-state index in [0.29, 0.717) is 10.2 Å². The molecule has 0 saturated carbocycles. The lowest BCUT2D eigenvalue weighted by Crippen LogP contribution is -2.26. The molecular weight excluding hydrogens is 354 g/mol. The van der Waals surface area contributed by atoms with E-state index in [0.717, 1.165) is 5.56 Å². The third-order valence-corrected chi connectivity index (χ3v) is 5.22. The predicted molar refractivity (Wildman–Crippen MR) is 85.9 cm³/mol. The summed E-state index contributed by atoms with van der Waals surface area (Å²) in [6.07, 6.45) is 0. The molecule has 2 rings (SSSR count). The highest BCUT2D eigenvalue weighted by Crippen LogP contribution is 2.28. The molecule has 6 heteroatoms. The van der Waals surface area contributed by atoms with Gasteiger partial charge in [-0.1, -0.05) is 30.3 Å². The zero-order chi connectivity index (χ0) is 15.5. The molecule has 0 aliphatic heterocycles. The number of hydrogen-bond donors (Lipinski definition) is 1. The van der Waals surface area contributed by atoms with Crippen LogP contribution in [0.1, 0.15) is 18.5 Å². The minimum absolute atomic E-state index is 0.193. The topological polar surface area (TPSA) is 55.4 Å². The third kappa shape index (κ3) is 3.84. The largest absolute Gasteiger partial charge is 0.496 e. The van der Waals surface area contributed by atoms with Crippen molar-refractivity contribution in [3.05, 3.63) is 58.6 Å². The second-order valence-corrected chi connectivity index (χ2v) is 7.12. The maximum absolute atomic E-state index is 12.4. The molecule has 0 fully saturated rings. The maximum Gasteiger partial charge on any atom is 0.241 e. The number of nitrogens with one attached hydrogen (secondary N) is 1. The van der Waals surface area contributed by atoms with Gasteiger partial charge in [-0.2, -0.15) is 0 Å². The number of sulfonamides is 1. The van der Waals surface area contributed by atoms with Gasteiger partial charge >= 0.3 is 0 Å². The van der Waals surface area contributed by atoms with Crippen LogP contribution in [0.3, 0.4) is 0 Å². The van der Waals surface area contributed by atoms with Crippen molar-refractivity contribution in [2.45, 2.75) is 17.9 Å². The molecule has 0 bridgehead atoms. The molecule has 21 heavy (non-hydrogen) atoms. The molecule has 0 amide bonds. The monoisotopic (exact) mass is 369 g/mol. The molecule has 0 unspecified atom stereocenters. The Labute approximate surface area is 133 Å². The van der Waals surface area contributed by atoms with E-state index < -0.39 is 10.0 Å². The van der Waals surface area contributed by atoms with E-state index in [9.17, 15) is 8.42 Å². The highest BCUT2D eigenvalue weighted by Gasteiger charge is 2.19. The summed E-state index contributed by atoms with van der Waals surface area (Å²) < 4.78 is 33.2. The zero-order valence-electron chi connectivity index (χ0n) is 11.7. The predicted octanol–water partition coefficient (Wildman–Crippen LogP) is 3.50. The Bertz CT molecular complexity index is 717. The van der Waals surface area contributed by atoms with E-state index >= 15 is 0 Å². The van der Waals surface area contributed by atoms with Crippen molar-refractivity contribution in [3.8, 4) is 5.75 Å². The van der Waals surface area contributed by atoms with Gasteiger partial charge in [-0.15, -0.1) is 0 Å². The minimum Gasteiger partial charge on any atom is -0.496 e. The summed E-state index contributed by atoms with van der Waals surface area (Å²) in [6.45, 7) is 1.81. The van der Waals surface area contributed by atoms with E-state index in [2.05, 4.69) is 20.7 Å². The summed E-state index contributed by atoms with van der Waals surface area (Å²) in [4.78, 5) is 0.193. The standard InChI is InChI=1S/C15H16BrNO3S/c1-11(12-6-4-3-5-7-12)17-21(18,19)13-8-9-15(20-2)14(16)10-13/h3-11,17H,1-2H3/t11-/m1/s1. The zero-order valence-corrected chi connectivity index (χ0v) is 14.1. The van der Waals surface area contributed by atoms with Gasteiger partial charge in [-0.3, -0.25) is 0 Å². The fraction of sp³-hybridized carbons (Fsp3) is 0.200. The van der Waals surface area contributed by atoms with E-state index in [1.54, 1.807) is 6.07 Å². The number of methoxy groups -OCH3 is 1. The molecule has 1 N–H and O–H groups in total. The summed E-state index contributed by atoms with van der Waals surface area (Å²) in [5.41, 5.74) is 0.911. The number of halogens is 1. The molecule has 0 spiro atoms. The summed E-state index contributed by atoms with van der Waals surface area (Å²) >= 11 is 3.29. The third-order valence-electron chi connectivity index (χ3n) is 3.07. The minimum atomic E-state index is -3.59. The van der Waals surface area contributed by atoms with Crippen LogP contribution in [0.5, 0.6) is 5.75 Å². The van der Waals surface area contributed by atoms with E-state index in [1.807, 2.05) is 37.3 Å². The van der Waals surface area contributed by atoms with Gasteiger partial charge in [0.15, 0.2) is 0 Å². The number of benzene rings is 2. The van der Waals surface area contributed by atoms with Crippen molar-refractivity contribution in [1.82, 2.24) is 4.72 Å². The first-order valence-electron chi connectivity index (χ1n) is 6.35. The highest BCUT2D eigenvalue weighted by molar-refractivity contribution is 9.10. The quantitative estimate of drug-likeness (QED) is 0.877. The molecule has 2 aromatic carbocycles. The van der Waals surface area contributed by atoms with E-state index in [4.69, 9.17) is 4.74 Å². The van der Waals surface area contributed by atoms with Crippen LogP contribution in [0.2, 0.25) is 0 Å². The van der Waals surface area contributed by atoms with Gasteiger partial charge < -0.3 is 4.74 Å². The molecule has 1 atom stereocenters. The van der Waals surface area contributed by atoms with Crippen molar-refractivity contribution in [2.75, 3.05) is 7.11 Å². The van der Waals surface area contributed by atoms with Crippen LogP contribution in [-0.4, -0.2) is 15.5 Å². The first kappa shape index (κ1) is 16.0. The maximum atomic E-state index is 12.4. The number of hydrogen-bond acceptors (Lipinski definition) is 3. The van der Waals surface area contributed by atoms with Crippen LogP contribution in [0.4, 0.5) is 0 Å². The van der Waals surface area contributed by atoms with Crippen LogP contribution in [-0.2, 0) is 10.0 Å². The molecule has 0 heterocycles. The van der Waals surface area contributed by atoms with Gasteiger partial charge in [-0.25, -0.2) is 13.1 Å². The number of ether oxygens (including phenoxy) is 1. The van der Waals surface area contributed by atoms with Gasteiger partial charge in [0, 0.05) is 6.04 Å². The highest BCUT2D eigenvalue weighted by atomic mass is 79.9. The first-order valence-corrected chi connectivity index (χ1v) is 8.62. The van der Waals surface area contributed by atoms with Gasteiger partial charge in [0.2, 0.25) is 10.0 Å². The molecule has 0 radical (unpaired) electrons. The molecule has 0 aliphatic carbocycles. The lowest BCUT2D eigenvalue weighted by atomic mass is 10.1. The Morgan fingerprint density at radius 1 is 1.14 bits per heavy atom. The van der Waals surface area contributed by atoms with Crippen LogP contribution in [0.25, 0.3) is 0 Å². The fourth-order valence-electron chi connectivity index (χ4n) is 1.92. The van der Waals surface area contributed by atoms with Crippen molar-refractivity contribution in [1.29, 1.82) is 0 Å². The Kier molecular flexibility index (Phi) is 5.03. The summed E-state index contributed by atoms with van der Waals surface area (Å²) in [6, 6.07) is 13.8. The normalized spacial score (nSPS) is 12.9. The second-order valence-electron chi connectivity index (χ2n) is 4.55. The van der Waals surface area contributed by atoms with Crippen molar-refractivity contribution >= 4 is 26.0 Å². The SMILES string of the molecule is COc1ccc(S(=O)(=O)N[C@H](C)c2ccccc2)cc1Br. The fourth-order valence-corrected chi connectivity index (χ4v) is 3.87. The summed E-state index contributed by atoms with van der Waals surface area (Å²) in [5.74, 6) is 0.588. The summed E-state index contributed by atoms with van der Waals surface area (Å²) in [5, 5.41) is 0. The van der Waals surface area contributed by atoms with Gasteiger partial charge in [-0.05, 0) is 46.6 Å². The lowest BCUT2D eigenvalue weighted by Gasteiger charge is -2.15. The Morgan fingerprint density at radius 2 is 1.81 bits per heavy atom. The Morgan fingerprint density at radius 3 is 2.38 bits per heavy atom. The van der Waals surface area contributed by atoms with Crippen molar-refractivity contribution < 1.29 is 13.2 Å². The average molecular weight is 370 g/mol. The first-order chi connectivity index (χ1) is 9.94. The van der Waals surface area contributed by atoms with Crippen LogP contribution in [0.15, 0.2) is 57.9 Å². The van der Waals surface area contributed by atoms with Crippen LogP contribution >= 0.6 is 15.9 Å². The van der Waals surface area contributed by atoms with Crippen molar-refractivity contribution in [2.24, 2.45) is 0 Å². The number of rotatable bonds is 5.